The van der Waals surface area contributed by atoms with Gasteiger partial charge in [0.25, 0.3) is 0 Å². The molecule has 0 aromatic rings. The molecule has 4 nitrogen and oxygen atoms in total. The molecule has 4 heteroatoms. The van der Waals surface area contributed by atoms with Crippen molar-refractivity contribution in [3.8, 4) is 6.07 Å². The molecule has 2 bridgehead atoms. The van der Waals surface area contributed by atoms with Crippen molar-refractivity contribution < 1.29 is 0 Å². The Balaban J connectivity index is 2.08. The average molecular weight is 179 g/mol. The van der Waals surface area contributed by atoms with Crippen LogP contribution in [0.1, 0.15) is 12.8 Å². The van der Waals surface area contributed by atoms with Gasteiger partial charge in [0.15, 0.2) is 6.04 Å². The molecular formula is C9H13N3O. The second kappa shape index (κ2) is 3.43. The van der Waals surface area contributed by atoms with Gasteiger partial charge in [-0.15, -0.1) is 4.91 Å². The molecule has 70 valence electrons. The number of nitroso groups, excluding NO2 is 1. The lowest BCUT2D eigenvalue weighted by Gasteiger charge is -2.22. The van der Waals surface area contributed by atoms with E-state index in [0.717, 1.165) is 26.1 Å². The molecule has 2 heterocycles. The number of hydrogen-bond donors (Lipinski definition) is 0. The van der Waals surface area contributed by atoms with Crippen LogP contribution in [0.4, 0.5) is 0 Å². The Morgan fingerprint density at radius 2 is 2.38 bits per heavy atom. The predicted octanol–water partition coefficient (Wildman–Crippen LogP) is 0.987. The quantitative estimate of drug-likeness (QED) is 0.594. The monoisotopic (exact) mass is 179 g/mol. The predicted molar refractivity (Wildman–Crippen MR) is 47.9 cm³/mol. The standard InChI is InChI=1S/C9H13N3O/c10-4-9(11-13)8-6-12-3-1-2-7(8)5-12/h7-9H,1-3,5-6H2. The van der Waals surface area contributed by atoms with Crippen molar-refractivity contribution in [2.75, 3.05) is 19.6 Å². The van der Waals surface area contributed by atoms with Gasteiger partial charge in [0.2, 0.25) is 0 Å². The minimum atomic E-state index is -0.618. The zero-order valence-corrected chi connectivity index (χ0v) is 7.52. The van der Waals surface area contributed by atoms with Gasteiger partial charge in [0.1, 0.15) is 0 Å². The van der Waals surface area contributed by atoms with Gasteiger partial charge >= 0.3 is 0 Å². The summed E-state index contributed by atoms with van der Waals surface area (Å²) in [5.74, 6) is 0.737. The van der Waals surface area contributed by atoms with Crippen LogP contribution in [0, 0.1) is 28.1 Å². The van der Waals surface area contributed by atoms with Crippen LogP contribution in [0.15, 0.2) is 5.18 Å². The maximum absolute atomic E-state index is 10.4. The highest BCUT2D eigenvalue weighted by Crippen LogP contribution is 2.34. The van der Waals surface area contributed by atoms with Crippen LogP contribution in [0.25, 0.3) is 0 Å². The number of hydrogen-bond acceptors (Lipinski definition) is 4. The molecule has 13 heavy (non-hydrogen) atoms. The van der Waals surface area contributed by atoms with Gasteiger partial charge in [-0.25, -0.2) is 0 Å². The Bertz CT molecular complexity index is 248. The topological polar surface area (TPSA) is 56.5 Å². The van der Waals surface area contributed by atoms with E-state index in [9.17, 15) is 4.91 Å². The summed E-state index contributed by atoms with van der Waals surface area (Å²) in [6, 6.07) is 1.38. The van der Waals surface area contributed by atoms with E-state index in [1.807, 2.05) is 6.07 Å². The summed E-state index contributed by atoms with van der Waals surface area (Å²) < 4.78 is 0. The van der Waals surface area contributed by atoms with Gasteiger partial charge in [-0.1, -0.05) is 5.18 Å². The molecule has 4 unspecified atom stereocenters. The molecule has 2 rings (SSSR count). The van der Waals surface area contributed by atoms with Gasteiger partial charge in [0.05, 0.1) is 6.07 Å². The van der Waals surface area contributed by atoms with Crippen LogP contribution in [0.2, 0.25) is 0 Å². The first kappa shape index (κ1) is 8.64. The summed E-state index contributed by atoms with van der Waals surface area (Å²) in [6.07, 6.45) is 2.37. The van der Waals surface area contributed by atoms with Crippen LogP contribution in [0.5, 0.6) is 0 Å². The van der Waals surface area contributed by atoms with Crippen molar-refractivity contribution in [3.05, 3.63) is 4.91 Å². The highest BCUT2D eigenvalue weighted by Gasteiger charge is 2.40. The SMILES string of the molecule is N#CC(N=O)C1CN2CCCC1C2. The van der Waals surface area contributed by atoms with Crippen LogP contribution >= 0.6 is 0 Å². The van der Waals surface area contributed by atoms with Gasteiger partial charge < -0.3 is 4.90 Å². The molecular weight excluding hydrogens is 166 g/mol. The molecule has 2 fully saturated rings. The van der Waals surface area contributed by atoms with E-state index >= 15 is 0 Å². The molecule has 0 saturated carbocycles. The average Bonchev–Trinajstić information content (AvgIpc) is 2.45. The first-order chi connectivity index (χ1) is 6.35. The first-order valence-corrected chi connectivity index (χ1v) is 4.79. The zero-order chi connectivity index (χ0) is 9.26. The van der Waals surface area contributed by atoms with Crippen LogP contribution < -0.4 is 0 Å². The maximum Gasteiger partial charge on any atom is 0.182 e. The fourth-order valence-electron chi connectivity index (χ4n) is 2.61. The zero-order valence-electron chi connectivity index (χ0n) is 7.52. The molecule has 0 aliphatic carbocycles. The third-order valence-corrected chi connectivity index (χ3v) is 3.27. The normalized spacial score (nSPS) is 39.5. The van der Waals surface area contributed by atoms with E-state index in [4.69, 9.17) is 5.26 Å². The van der Waals surface area contributed by atoms with Crippen molar-refractivity contribution >= 4 is 0 Å². The molecule has 0 N–H and O–H groups in total. The molecule has 0 aromatic heterocycles. The van der Waals surface area contributed by atoms with Gasteiger partial charge in [-0.3, -0.25) is 0 Å². The number of nitrogens with zero attached hydrogens (tertiary/aromatic N) is 3. The second-order valence-corrected chi connectivity index (χ2v) is 4.01. The lowest BCUT2D eigenvalue weighted by atomic mass is 9.87. The maximum atomic E-state index is 10.4. The van der Waals surface area contributed by atoms with Crippen LogP contribution in [-0.4, -0.2) is 30.6 Å². The molecule has 0 amide bonds. The van der Waals surface area contributed by atoms with E-state index in [1.54, 1.807) is 0 Å². The summed E-state index contributed by atoms with van der Waals surface area (Å²) in [4.78, 5) is 12.8. The van der Waals surface area contributed by atoms with Gasteiger partial charge in [-0.05, 0) is 25.3 Å². The summed E-state index contributed by atoms with van der Waals surface area (Å²) >= 11 is 0. The molecule has 2 aliphatic rings. The molecule has 4 atom stereocenters. The molecule has 2 aliphatic heterocycles. The number of nitriles is 1. The summed E-state index contributed by atoms with van der Waals surface area (Å²) in [5.41, 5.74) is 0. The fourth-order valence-corrected chi connectivity index (χ4v) is 2.61. The largest absolute Gasteiger partial charge is 0.303 e. The van der Waals surface area contributed by atoms with Crippen molar-refractivity contribution in [1.29, 1.82) is 5.26 Å². The highest BCUT2D eigenvalue weighted by atomic mass is 16.3. The lowest BCUT2D eigenvalue weighted by Crippen LogP contribution is -2.26. The fraction of sp³-hybridized carbons (Fsp3) is 0.889. The lowest BCUT2D eigenvalue weighted by molar-refractivity contribution is 0.268. The smallest absolute Gasteiger partial charge is 0.182 e. The van der Waals surface area contributed by atoms with E-state index in [1.165, 1.54) is 6.42 Å². The summed E-state index contributed by atoms with van der Waals surface area (Å²) in [5, 5.41) is 11.7. The minimum Gasteiger partial charge on any atom is -0.303 e. The third kappa shape index (κ3) is 1.44. The third-order valence-electron chi connectivity index (χ3n) is 3.27. The number of fused-ring (bicyclic) bond motifs is 2. The highest BCUT2D eigenvalue weighted by molar-refractivity contribution is 5.02. The van der Waals surface area contributed by atoms with E-state index in [2.05, 4.69) is 10.1 Å². The minimum absolute atomic E-state index is 0.199. The molecule has 0 aromatic carbocycles. The van der Waals surface area contributed by atoms with Crippen molar-refractivity contribution in [2.24, 2.45) is 17.0 Å². The number of piperidine rings is 1. The Morgan fingerprint density at radius 1 is 1.54 bits per heavy atom. The summed E-state index contributed by atoms with van der Waals surface area (Å²) in [6.45, 7) is 3.09. The first-order valence-electron chi connectivity index (χ1n) is 4.79. The Labute approximate surface area is 77.5 Å². The van der Waals surface area contributed by atoms with Gasteiger partial charge in [-0.2, -0.15) is 5.26 Å². The van der Waals surface area contributed by atoms with Crippen LogP contribution in [0.3, 0.4) is 0 Å². The molecule has 0 spiro atoms. The molecule has 0 radical (unpaired) electrons. The second-order valence-electron chi connectivity index (χ2n) is 4.01. The van der Waals surface area contributed by atoms with Crippen molar-refractivity contribution in [2.45, 2.75) is 18.9 Å². The van der Waals surface area contributed by atoms with E-state index < -0.39 is 6.04 Å². The van der Waals surface area contributed by atoms with Crippen molar-refractivity contribution in [3.63, 3.8) is 0 Å². The van der Waals surface area contributed by atoms with Crippen molar-refractivity contribution in [1.82, 2.24) is 4.90 Å². The van der Waals surface area contributed by atoms with Crippen LogP contribution in [-0.2, 0) is 0 Å². The number of rotatable bonds is 2. The van der Waals surface area contributed by atoms with Gasteiger partial charge in [0, 0.05) is 19.0 Å². The Hall–Kier alpha value is -0.950. The van der Waals surface area contributed by atoms with E-state index in [-0.39, 0.29) is 5.92 Å². The molecule has 2 saturated heterocycles. The summed E-state index contributed by atoms with van der Waals surface area (Å²) in [7, 11) is 0. The Kier molecular flexibility index (Phi) is 2.28. The van der Waals surface area contributed by atoms with E-state index in [0.29, 0.717) is 5.92 Å². The Morgan fingerprint density at radius 3 is 3.00 bits per heavy atom.